The van der Waals surface area contributed by atoms with Gasteiger partial charge in [-0.2, -0.15) is 5.10 Å². The number of rotatable bonds is 2. The van der Waals surface area contributed by atoms with E-state index in [2.05, 4.69) is 71.2 Å². The van der Waals surface area contributed by atoms with Crippen molar-refractivity contribution < 1.29 is 4.74 Å². The van der Waals surface area contributed by atoms with Gasteiger partial charge in [-0.25, -0.2) is 5.01 Å². The zero-order chi connectivity index (χ0) is 16.0. The molecule has 4 heteroatoms. The molecular formula is C19H19BrN2O. The van der Waals surface area contributed by atoms with E-state index in [1.807, 2.05) is 12.1 Å². The van der Waals surface area contributed by atoms with Gasteiger partial charge in [0.25, 0.3) is 0 Å². The van der Waals surface area contributed by atoms with Crippen LogP contribution >= 0.6 is 15.9 Å². The van der Waals surface area contributed by atoms with Crippen LogP contribution in [-0.4, -0.2) is 16.9 Å². The van der Waals surface area contributed by atoms with Gasteiger partial charge >= 0.3 is 0 Å². The highest BCUT2D eigenvalue weighted by Crippen LogP contribution is 2.45. The number of hydrazone groups is 1. The largest absolute Gasteiger partial charge is 0.468 e. The van der Waals surface area contributed by atoms with E-state index in [1.54, 1.807) is 0 Å². The fourth-order valence-electron chi connectivity index (χ4n) is 3.33. The second kappa shape index (κ2) is 5.68. The topological polar surface area (TPSA) is 24.8 Å². The number of halogens is 1. The summed E-state index contributed by atoms with van der Waals surface area (Å²) in [5, 5.41) is 7.08. The van der Waals surface area contributed by atoms with Crippen LogP contribution in [0.1, 0.15) is 37.4 Å². The molecule has 0 spiro atoms. The highest BCUT2D eigenvalue weighted by Gasteiger charge is 2.41. The fraction of sp³-hybridized carbons (Fsp3) is 0.316. The molecule has 0 bridgehead atoms. The summed E-state index contributed by atoms with van der Waals surface area (Å²) in [6.07, 6.45) is 0.898. The van der Waals surface area contributed by atoms with Gasteiger partial charge in [-0.15, -0.1) is 0 Å². The zero-order valence-electron chi connectivity index (χ0n) is 13.2. The maximum absolute atomic E-state index is 6.24. The van der Waals surface area contributed by atoms with Crippen molar-refractivity contribution in [2.45, 2.75) is 32.5 Å². The quantitative estimate of drug-likeness (QED) is 0.744. The monoisotopic (exact) mass is 370 g/mol. The third-order valence-corrected chi connectivity index (χ3v) is 4.95. The Balaban J connectivity index is 1.77. The standard InChI is InChI=1S/C19H19BrN2O/c1-12(2)19-22-17(15-10-14(20)8-9-18(15)23-19)11-16(21-22)13-6-4-3-5-7-13/h3-10,12,17,19H,11H2,1-2H3/t17-,19+/m0/s1. The van der Waals surface area contributed by atoms with Gasteiger partial charge in [-0.3, -0.25) is 0 Å². The third-order valence-electron chi connectivity index (χ3n) is 4.46. The predicted molar refractivity (Wildman–Crippen MR) is 95.6 cm³/mol. The molecule has 2 aliphatic rings. The molecule has 0 aromatic heterocycles. The Morgan fingerprint density at radius 3 is 2.70 bits per heavy atom. The van der Waals surface area contributed by atoms with E-state index in [4.69, 9.17) is 9.84 Å². The summed E-state index contributed by atoms with van der Waals surface area (Å²) in [6, 6.07) is 16.9. The van der Waals surface area contributed by atoms with Crippen LogP contribution in [0.2, 0.25) is 0 Å². The average molecular weight is 371 g/mol. The lowest BCUT2D eigenvalue weighted by molar-refractivity contribution is -0.0461. The molecule has 0 saturated heterocycles. The Morgan fingerprint density at radius 1 is 1.17 bits per heavy atom. The number of hydrogen-bond donors (Lipinski definition) is 0. The number of ether oxygens (including phenoxy) is 1. The van der Waals surface area contributed by atoms with E-state index in [1.165, 1.54) is 11.1 Å². The van der Waals surface area contributed by atoms with Crippen molar-refractivity contribution in [3.05, 3.63) is 64.1 Å². The molecule has 2 aromatic carbocycles. The van der Waals surface area contributed by atoms with Gasteiger partial charge in [-0.05, 0) is 23.8 Å². The minimum Gasteiger partial charge on any atom is -0.468 e. The molecule has 0 fully saturated rings. The first kappa shape index (κ1) is 14.8. The number of nitrogens with zero attached hydrogens (tertiary/aromatic N) is 2. The van der Waals surface area contributed by atoms with Crippen LogP contribution in [0, 0.1) is 5.92 Å². The first-order valence-electron chi connectivity index (χ1n) is 8.01. The van der Waals surface area contributed by atoms with E-state index < -0.39 is 0 Å². The van der Waals surface area contributed by atoms with Crippen LogP contribution < -0.4 is 4.74 Å². The Bertz CT molecular complexity index is 757. The molecule has 0 aliphatic carbocycles. The molecule has 2 aliphatic heterocycles. The average Bonchev–Trinajstić information content (AvgIpc) is 3.00. The van der Waals surface area contributed by atoms with Crippen LogP contribution in [-0.2, 0) is 0 Å². The smallest absolute Gasteiger partial charge is 0.190 e. The van der Waals surface area contributed by atoms with Gasteiger partial charge in [-0.1, -0.05) is 60.1 Å². The van der Waals surface area contributed by atoms with Crippen LogP contribution in [0.25, 0.3) is 0 Å². The Kier molecular flexibility index (Phi) is 3.64. The molecule has 3 nitrogen and oxygen atoms in total. The van der Waals surface area contributed by atoms with Crippen LogP contribution in [0.5, 0.6) is 5.75 Å². The van der Waals surface area contributed by atoms with E-state index in [-0.39, 0.29) is 12.3 Å². The number of hydrogen-bond acceptors (Lipinski definition) is 3. The van der Waals surface area contributed by atoms with Crippen molar-refractivity contribution in [2.75, 3.05) is 0 Å². The predicted octanol–water partition coefficient (Wildman–Crippen LogP) is 4.97. The summed E-state index contributed by atoms with van der Waals surface area (Å²) in [7, 11) is 0. The lowest BCUT2D eigenvalue weighted by Gasteiger charge is -2.40. The Labute approximate surface area is 145 Å². The van der Waals surface area contributed by atoms with Crippen LogP contribution in [0.4, 0.5) is 0 Å². The SMILES string of the molecule is CC(C)[C@H]1Oc2ccc(Br)cc2[C@@H]2CC(c3ccccc3)=NN12. The first-order chi connectivity index (χ1) is 11.1. The molecule has 2 heterocycles. The number of fused-ring (bicyclic) bond motifs is 3. The summed E-state index contributed by atoms with van der Waals surface area (Å²) >= 11 is 3.58. The van der Waals surface area contributed by atoms with Crippen molar-refractivity contribution in [3.63, 3.8) is 0 Å². The van der Waals surface area contributed by atoms with Crippen molar-refractivity contribution in [2.24, 2.45) is 11.0 Å². The molecular weight excluding hydrogens is 352 g/mol. The molecule has 0 saturated carbocycles. The van der Waals surface area contributed by atoms with Gasteiger partial charge in [0.2, 0.25) is 0 Å². The molecule has 0 N–H and O–H groups in total. The van der Waals surface area contributed by atoms with Crippen molar-refractivity contribution >= 4 is 21.6 Å². The van der Waals surface area contributed by atoms with Gasteiger partial charge < -0.3 is 4.74 Å². The van der Waals surface area contributed by atoms with Crippen molar-refractivity contribution in [1.82, 2.24) is 5.01 Å². The molecule has 0 radical (unpaired) electrons. The van der Waals surface area contributed by atoms with E-state index in [9.17, 15) is 0 Å². The van der Waals surface area contributed by atoms with Crippen LogP contribution in [0.15, 0.2) is 58.1 Å². The van der Waals surface area contributed by atoms with E-state index in [0.717, 1.165) is 22.4 Å². The maximum Gasteiger partial charge on any atom is 0.190 e. The van der Waals surface area contributed by atoms with E-state index >= 15 is 0 Å². The normalized spacial score (nSPS) is 22.4. The number of benzene rings is 2. The summed E-state index contributed by atoms with van der Waals surface area (Å²) in [5.41, 5.74) is 3.55. The van der Waals surface area contributed by atoms with Gasteiger partial charge in [0, 0.05) is 22.4 Å². The summed E-state index contributed by atoms with van der Waals surface area (Å²) in [6.45, 7) is 4.36. The molecule has 0 unspecified atom stereocenters. The maximum atomic E-state index is 6.24. The second-order valence-electron chi connectivity index (χ2n) is 6.45. The van der Waals surface area contributed by atoms with Crippen molar-refractivity contribution in [3.8, 4) is 5.75 Å². The van der Waals surface area contributed by atoms with E-state index in [0.29, 0.717) is 5.92 Å². The van der Waals surface area contributed by atoms with Gasteiger partial charge in [0.1, 0.15) is 5.75 Å². The second-order valence-corrected chi connectivity index (χ2v) is 7.36. The van der Waals surface area contributed by atoms with Crippen LogP contribution in [0.3, 0.4) is 0 Å². The molecule has 0 amide bonds. The minimum absolute atomic E-state index is 0.0186. The molecule has 23 heavy (non-hydrogen) atoms. The summed E-state index contributed by atoms with van der Waals surface area (Å²) < 4.78 is 7.32. The molecule has 2 atom stereocenters. The highest BCUT2D eigenvalue weighted by atomic mass is 79.9. The van der Waals surface area contributed by atoms with Gasteiger partial charge in [0.15, 0.2) is 6.23 Å². The molecule has 118 valence electrons. The highest BCUT2D eigenvalue weighted by molar-refractivity contribution is 9.10. The fourth-order valence-corrected chi connectivity index (χ4v) is 3.71. The lowest BCUT2D eigenvalue weighted by atomic mass is 9.95. The van der Waals surface area contributed by atoms with Gasteiger partial charge in [0.05, 0.1) is 11.8 Å². The molecule has 4 rings (SSSR count). The summed E-state index contributed by atoms with van der Waals surface area (Å²) in [4.78, 5) is 0. The Hall–Kier alpha value is -1.81. The first-order valence-corrected chi connectivity index (χ1v) is 8.80. The summed E-state index contributed by atoms with van der Waals surface area (Å²) in [5.74, 6) is 1.35. The zero-order valence-corrected chi connectivity index (χ0v) is 14.8. The lowest BCUT2D eigenvalue weighted by Crippen LogP contribution is -2.43. The van der Waals surface area contributed by atoms with Crippen molar-refractivity contribution in [1.29, 1.82) is 0 Å². The third kappa shape index (κ3) is 2.55. The minimum atomic E-state index is -0.0186. The molecule has 2 aromatic rings. The Morgan fingerprint density at radius 2 is 1.96 bits per heavy atom.